The molecular formula is C17H12N4O3S. The predicted octanol–water partition coefficient (Wildman–Crippen LogP) is 1.61. The molecule has 25 heavy (non-hydrogen) atoms. The normalized spacial score (nSPS) is 16.6. The number of nitrogens with zero attached hydrogens (tertiary/aromatic N) is 2. The highest BCUT2D eigenvalue weighted by molar-refractivity contribution is 7.80. The molecule has 0 radical (unpaired) electrons. The number of benzene rings is 1. The number of aromatic carboxylic acids is 1. The van der Waals surface area contributed by atoms with Crippen molar-refractivity contribution in [2.45, 2.75) is 5.50 Å². The molecule has 1 atom stereocenters. The molecule has 0 bridgehead atoms. The Morgan fingerprint density at radius 3 is 2.64 bits per heavy atom. The Morgan fingerprint density at radius 2 is 1.92 bits per heavy atom. The molecule has 124 valence electrons. The summed E-state index contributed by atoms with van der Waals surface area (Å²) in [6, 6.07) is 13.6. The predicted molar refractivity (Wildman–Crippen MR) is 93.2 cm³/mol. The van der Waals surface area contributed by atoms with Crippen LogP contribution in [0.1, 0.15) is 16.1 Å². The Bertz CT molecular complexity index is 949. The molecule has 0 saturated heterocycles. The summed E-state index contributed by atoms with van der Waals surface area (Å²) in [4.78, 5) is 27.1. The average molecular weight is 352 g/mol. The number of rotatable bonds is 3. The number of carbonyl (C=O) groups is 2. The van der Waals surface area contributed by atoms with Crippen LogP contribution in [0.2, 0.25) is 0 Å². The summed E-state index contributed by atoms with van der Waals surface area (Å²) in [5, 5.41) is 23.8. The number of amides is 1. The van der Waals surface area contributed by atoms with Gasteiger partial charge in [-0.2, -0.15) is 5.26 Å². The number of carboxylic acids is 1. The first-order valence-electron chi connectivity index (χ1n) is 7.20. The van der Waals surface area contributed by atoms with Crippen molar-refractivity contribution in [1.82, 2.24) is 15.6 Å². The lowest BCUT2D eigenvalue weighted by Gasteiger charge is -2.25. The highest BCUT2D eigenvalue weighted by Gasteiger charge is 2.25. The highest BCUT2D eigenvalue weighted by Crippen LogP contribution is 2.25. The summed E-state index contributed by atoms with van der Waals surface area (Å²) >= 11 is 4.18. The molecule has 3 N–H and O–H groups in total. The maximum absolute atomic E-state index is 11.9. The molecule has 1 unspecified atom stereocenters. The van der Waals surface area contributed by atoms with Gasteiger partial charge in [-0.3, -0.25) is 4.79 Å². The van der Waals surface area contributed by atoms with Gasteiger partial charge in [-0.05, 0) is 23.8 Å². The van der Waals surface area contributed by atoms with E-state index in [0.29, 0.717) is 22.5 Å². The molecule has 0 aliphatic carbocycles. The minimum atomic E-state index is -1.11. The fourth-order valence-electron chi connectivity index (χ4n) is 2.44. The fraction of sp³-hybridized carbons (Fsp3) is 0.0588. The fourth-order valence-corrected chi connectivity index (χ4v) is 2.68. The van der Waals surface area contributed by atoms with Gasteiger partial charge in [0.25, 0.3) is 5.91 Å². The molecule has 8 heteroatoms. The first-order chi connectivity index (χ1) is 12.0. The van der Waals surface area contributed by atoms with Crippen LogP contribution in [0.25, 0.3) is 17.0 Å². The Balaban J connectivity index is 2.08. The third kappa shape index (κ3) is 3.32. The molecule has 1 aromatic heterocycles. The zero-order chi connectivity index (χ0) is 18.0. The van der Waals surface area contributed by atoms with Gasteiger partial charge in [0.15, 0.2) is 0 Å². The second-order valence-corrected chi connectivity index (χ2v) is 5.69. The first kappa shape index (κ1) is 16.5. The van der Waals surface area contributed by atoms with Crippen LogP contribution in [0.5, 0.6) is 0 Å². The Labute approximate surface area is 148 Å². The number of thiol groups is 1. The molecule has 1 aliphatic heterocycles. The molecule has 2 heterocycles. The van der Waals surface area contributed by atoms with Crippen molar-refractivity contribution in [3.8, 4) is 17.3 Å². The van der Waals surface area contributed by atoms with E-state index in [-0.39, 0.29) is 11.3 Å². The maximum Gasteiger partial charge on any atom is 0.354 e. The van der Waals surface area contributed by atoms with Gasteiger partial charge in [-0.1, -0.05) is 24.3 Å². The molecule has 0 saturated carbocycles. The zero-order valence-electron chi connectivity index (χ0n) is 12.7. The van der Waals surface area contributed by atoms with E-state index in [1.807, 2.05) is 6.07 Å². The number of aromatic nitrogens is 1. The lowest BCUT2D eigenvalue weighted by atomic mass is 10.0. The molecule has 7 nitrogen and oxygen atoms in total. The second kappa shape index (κ2) is 6.67. The number of nitrogens with one attached hydrogen (secondary N) is 2. The number of carbonyl (C=O) groups excluding carboxylic acids is 1. The molecule has 1 aliphatic rings. The Hall–Kier alpha value is -3.31. The second-order valence-electron chi connectivity index (χ2n) is 5.18. The van der Waals surface area contributed by atoms with Crippen molar-refractivity contribution < 1.29 is 14.7 Å². The van der Waals surface area contributed by atoms with Gasteiger partial charge >= 0.3 is 5.97 Å². The van der Waals surface area contributed by atoms with Crippen LogP contribution >= 0.6 is 12.6 Å². The van der Waals surface area contributed by atoms with Crippen LogP contribution in [0.4, 0.5) is 0 Å². The monoisotopic (exact) mass is 352 g/mol. The summed E-state index contributed by atoms with van der Waals surface area (Å²) in [5.41, 5.74) is 1.38. The van der Waals surface area contributed by atoms with Crippen molar-refractivity contribution in [3.63, 3.8) is 0 Å². The van der Waals surface area contributed by atoms with Crippen LogP contribution in [-0.2, 0) is 4.79 Å². The van der Waals surface area contributed by atoms with E-state index in [1.165, 1.54) is 6.07 Å². The van der Waals surface area contributed by atoms with Crippen LogP contribution in [0.15, 0.2) is 48.0 Å². The van der Waals surface area contributed by atoms with Crippen LogP contribution in [0, 0.1) is 11.3 Å². The quantitative estimate of drug-likeness (QED) is 0.624. The molecule has 0 spiro atoms. The van der Waals surface area contributed by atoms with Crippen molar-refractivity contribution in [3.05, 3.63) is 59.3 Å². The standard InChI is InChI=1S/C17H12N4O3S/c18-8-11-14(20-17(25)21-15(11)22)10-4-1-3-9(7-10)12-5-2-6-13(19-12)16(23)24/h1-7,17,20,25H,(H,21,22)(H,23,24). The summed E-state index contributed by atoms with van der Waals surface area (Å²) < 4.78 is 0. The van der Waals surface area contributed by atoms with Crippen LogP contribution in [0.3, 0.4) is 0 Å². The number of pyridine rings is 1. The average Bonchev–Trinajstić information content (AvgIpc) is 2.61. The number of hydrogen-bond donors (Lipinski definition) is 4. The van der Waals surface area contributed by atoms with E-state index in [1.54, 1.807) is 36.4 Å². The van der Waals surface area contributed by atoms with E-state index >= 15 is 0 Å². The van der Waals surface area contributed by atoms with Crippen LogP contribution in [-0.4, -0.2) is 27.5 Å². The molecular weight excluding hydrogens is 340 g/mol. The SMILES string of the molecule is N#CC1=C(c2cccc(-c3cccc(C(=O)O)n3)c2)NC(S)NC1=O. The van der Waals surface area contributed by atoms with Gasteiger partial charge in [0.05, 0.1) is 11.4 Å². The molecule has 1 aromatic carbocycles. The number of hydrogen-bond acceptors (Lipinski definition) is 6. The van der Waals surface area contributed by atoms with Gasteiger partial charge < -0.3 is 15.7 Å². The lowest BCUT2D eigenvalue weighted by Crippen LogP contribution is -2.46. The van der Waals surface area contributed by atoms with Gasteiger partial charge in [-0.15, -0.1) is 12.6 Å². The van der Waals surface area contributed by atoms with Crippen molar-refractivity contribution in [1.29, 1.82) is 5.26 Å². The third-order valence-corrected chi connectivity index (χ3v) is 3.81. The van der Waals surface area contributed by atoms with Crippen molar-refractivity contribution in [2.75, 3.05) is 0 Å². The zero-order valence-corrected chi connectivity index (χ0v) is 13.6. The highest BCUT2D eigenvalue weighted by atomic mass is 32.1. The summed E-state index contributed by atoms with van der Waals surface area (Å²) in [6.45, 7) is 0. The van der Waals surface area contributed by atoms with E-state index in [9.17, 15) is 14.9 Å². The smallest absolute Gasteiger partial charge is 0.354 e. The summed E-state index contributed by atoms with van der Waals surface area (Å²) in [5.74, 6) is -1.62. The molecule has 2 aromatic rings. The largest absolute Gasteiger partial charge is 0.477 e. The summed E-state index contributed by atoms with van der Waals surface area (Å²) in [7, 11) is 0. The van der Waals surface area contributed by atoms with Gasteiger partial charge in [0.2, 0.25) is 0 Å². The van der Waals surface area contributed by atoms with E-state index in [2.05, 4.69) is 28.2 Å². The number of nitriles is 1. The van der Waals surface area contributed by atoms with E-state index < -0.39 is 17.4 Å². The maximum atomic E-state index is 11.9. The Kier molecular flexibility index (Phi) is 4.41. The lowest BCUT2D eigenvalue weighted by molar-refractivity contribution is -0.117. The van der Waals surface area contributed by atoms with Gasteiger partial charge in [-0.25, -0.2) is 9.78 Å². The number of carboxylic acid groups (broad SMARTS) is 1. The topological polar surface area (TPSA) is 115 Å². The van der Waals surface area contributed by atoms with Crippen molar-refractivity contribution >= 4 is 30.2 Å². The Morgan fingerprint density at radius 1 is 1.20 bits per heavy atom. The van der Waals surface area contributed by atoms with E-state index in [0.717, 1.165) is 0 Å². The third-order valence-electron chi connectivity index (χ3n) is 3.55. The minimum absolute atomic E-state index is 0.0466. The first-order valence-corrected chi connectivity index (χ1v) is 7.72. The van der Waals surface area contributed by atoms with E-state index in [4.69, 9.17) is 5.11 Å². The van der Waals surface area contributed by atoms with Crippen molar-refractivity contribution in [2.24, 2.45) is 0 Å². The molecule has 1 amide bonds. The van der Waals surface area contributed by atoms with Gasteiger partial charge in [0.1, 0.15) is 22.8 Å². The molecule has 3 rings (SSSR count). The van der Waals surface area contributed by atoms with Gasteiger partial charge in [0, 0.05) is 5.56 Å². The molecule has 0 fully saturated rings. The summed E-state index contributed by atoms with van der Waals surface area (Å²) in [6.07, 6.45) is 0. The van der Waals surface area contributed by atoms with Crippen LogP contribution < -0.4 is 10.6 Å². The minimum Gasteiger partial charge on any atom is -0.477 e.